The number of aliphatic hydroxyl groups excluding tert-OH is 1. The Bertz CT molecular complexity index is 713. The lowest BCUT2D eigenvalue weighted by atomic mass is 10.2. The minimum absolute atomic E-state index is 0.0342. The summed E-state index contributed by atoms with van der Waals surface area (Å²) in [6, 6.07) is 5.54. The molecule has 0 bridgehead atoms. The molecule has 1 aliphatic heterocycles. The molecule has 140 valence electrons. The van der Waals surface area contributed by atoms with Crippen LogP contribution in [-0.4, -0.2) is 55.4 Å². The lowest BCUT2D eigenvalue weighted by Gasteiger charge is -2.27. The van der Waals surface area contributed by atoms with E-state index < -0.39 is 34.0 Å². The summed E-state index contributed by atoms with van der Waals surface area (Å²) in [5.74, 6) is 0. The summed E-state index contributed by atoms with van der Waals surface area (Å²) in [7, 11) is -3.96. The maximum absolute atomic E-state index is 12.4. The molecule has 1 aromatic carbocycles. The first kappa shape index (κ1) is 20.2. The molecule has 1 aliphatic rings. The number of carbonyl (C=O) groups excluding carboxylic acids is 1. The first-order valence-corrected chi connectivity index (χ1v) is 10.0. The van der Waals surface area contributed by atoms with Gasteiger partial charge < -0.3 is 14.7 Å². The molecule has 1 fully saturated rings. The summed E-state index contributed by atoms with van der Waals surface area (Å²) >= 11 is 3.24. The van der Waals surface area contributed by atoms with Crippen LogP contribution in [0.2, 0.25) is 0 Å². The standard InChI is InChI=1S/C16H22BrNO6S/c1-16(2,3)23-15(20)18-9-13(8-12(18)10-19)24-25(21,22)14-6-4-11(17)5-7-14/h4-7,12-13,19H,8-10H2,1-3H3/t12-,13+/m0/s1. The molecule has 1 amide bonds. The molecule has 0 aromatic heterocycles. The van der Waals surface area contributed by atoms with E-state index in [-0.39, 0.29) is 24.5 Å². The van der Waals surface area contributed by atoms with E-state index >= 15 is 0 Å². The van der Waals surface area contributed by atoms with E-state index in [9.17, 15) is 18.3 Å². The smallest absolute Gasteiger partial charge is 0.410 e. The van der Waals surface area contributed by atoms with Crippen LogP contribution in [0.5, 0.6) is 0 Å². The Morgan fingerprint density at radius 3 is 2.44 bits per heavy atom. The molecule has 1 saturated heterocycles. The van der Waals surface area contributed by atoms with Gasteiger partial charge in [0, 0.05) is 4.47 Å². The van der Waals surface area contributed by atoms with Gasteiger partial charge in [-0.1, -0.05) is 15.9 Å². The number of hydrogen-bond acceptors (Lipinski definition) is 6. The molecule has 9 heteroatoms. The number of hydrogen-bond donors (Lipinski definition) is 1. The highest BCUT2D eigenvalue weighted by molar-refractivity contribution is 9.10. The van der Waals surface area contributed by atoms with Gasteiger partial charge in [0.15, 0.2) is 0 Å². The second-order valence-corrected chi connectivity index (χ2v) is 9.32. The first-order chi connectivity index (χ1) is 11.5. The zero-order chi connectivity index (χ0) is 18.8. The quantitative estimate of drug-likeness (QED) is 0.730. The fourth-order valence-electron chi connectivity index (χ4n) is 2.50. The molecular weight excluding hydrogens is 414 g/mol. The number of rotatable bonds is 4. The Labute approximate surface area is 156 Å². The van der Waals surface area contributed by atoms with Crippen LogP contribution in [0.4, 0.5) is 4.79 Å². The van der Waals surface area contributed by atoms with Gasteiger partial charge >= 0.3 is 6.09 Å². The topological polar surface area (TPSA) is 93.1 Å². The van der Waals surface area contributed by atoms with Gasteiger partial charge in [-0.3, -0.25) is 4.18 Å². The highest BCUT2D eigenvalue weighted by atomic mass is 79.9. The SMILES string of the molecule is CC(C)(C)OC(=O)N1C[C@H](OS(=O)(=O)c2ccc(Br)cc2)C[C@H]1CO. The van der Waals surface area contributed by atoms with Crippen molar-refractivity contribution in [3.63, 3.8) is 0 Å². The number of aliphatic hydroxyl groups is 1. The van der Waals surface area contributed by atoms with Crippen LogP contribution < -0.4 is 0 Å². The normalized spacial score (nSPS) is 21.4. The Hall–Kier alpha value is -1.16. The minimum atomic E-state index is -3.96. The van der Waals surface area contributed by atoms with Gasteiger partial charge in [-0.15, -0.1) is 0 Å². The summed E-state index contributed by atoms with van der Waals surface area (Å²) in [6.07, 6.45) is -1.12. The molecular formula is C16H22BrNO6S. The predicted molar refractivity (Wildman–Crippen MR) is 94.6 cm³/mol. The maximum atomic E-state index is 12.4. The van der Waals surface area contributed by atoms with Gasteiger partial charge in [0.05, 0.1) is 30.2 Å². The van der Waals surface area contributed by atoms with Gasteiger partial charge in [-0.25, -0.2) is 4.79 Å². The number of halogens is 1. The largest absolute Gasteiger partial charge is 0.444 e. The highest BCUT2D eigenvalue weighted by Crippen LogP contribution is 2.26. The van der Waals surface area contributed by atoms with E-state index in [0.717, 1.165) is 4.47 Å². The lowest BCUT2D eigenvalue weighted by Crippen LogP contribution is -2.41. The molecule has 0 radical (unpaired) electrons. The molecule has 2 rings (SSSR count). The van der Waals surface area contributed by atoms with Crippen molar-refractivity contribution >= 4 is 32.1 Å². The average Bonchev–Trinajstić information content (AvgIpc) is 2.88. The second-order valence-electron chi connectivity index (χ2n) is 6.83. The molecule has 7 nitrogen and oxygen atoms in total. The summed E-state index contributed by atoms with van der Waals surface area (Å²) in [5, 5.41) is 9.49. The number of benzene rings is 1. The fourth-order valence-corrected chi connectivity index (χ4v) is 3.84. The summed E-state index contributed by atoms with van der Waals surface area (Å²) in [5.41, 5.74) is -0.681. The van der Waals surface area contributed by atoms with Crippen LogP contribution in [-0.2, 0) is 19.0 Å². The predicted octanol–water partition coefficient (Wildman–Crippen LogP) is 2.52. The summed E-state index contributed by atoms with van der Waals surface area (Å²) < 4.78 is 36.0. The Morgan fingerprint density at radius 1 is 1.32 bits per heavy atom. The summed E-state index contributed by atoms with van der Waals surface area (Å²) in [6.45, 7) is 4.95. The van der Waals surface area contributed by atoms with Crippen LogP contribution in [0.15, 0.2) is 33.6 Å². The van der Waals surface area contributed by atoms with Crippen molar-refractivity contribution in [2.75, 3.05) is 13.2 Å². The molecule has 0 unspecified atom stereocenters. The van der Waals surface area contributed by atoms with Crippen LogP contribution in [0.1, 0.15) is 27.2 Å². The number of amides is 1. The van der Waals surface area contributed by atoms with Gasteiger partial charge in [0.25, 0.3) is 10.1 Å². The van der Waals surface area contributed by atoms with Crippen molar-refractivity contribution in [1.82, 2.24) is 4.90 Å². The number of carbonyl (C=O) groups is 1. The molecule has 25 heavy (non-hydrogen) atoms. The average molecular weight is 436 g/mol. The van der Waals surface area contributed by atoms with Crippen LogP contribution >= 0.6 is 15.9 Å². The van der Waals surface area contributed by atoms with E-state index in [1.807, 2.05) is 0 Å². The van der Waals surface area contributed by atoms with Crippen molar-refractivity contribution in [2.45, 2.75) is 49.8 Å². The third-order valence-corrected chi connectivity index (χ3v) is 5.48. The van der Waals surface area contributed by atoms with E-state index in [1.54, 1.807) is 32.9 Å². The third-order valence-electron chi connectivity index (χ3n) is 3.58. The highest BCUT2D eigenvalue weighted by Gasteiger charge is 2.39. The Balaban J connectivity index is 2.09. The number of nitrogens with zero attached hydrogens (tertiary/aromatic N) is 1. The maximum Gasteiger partial charge on any atom is 0.410 e. The molecule has 0 aliphatic carbocycles. The van der Waals surface area contributed by atoms with Crippen molar-refractivity contribution in [3.8, 4) is 0 Å². The van der Waals surface area contributed by atoms with E-state index in [2.05, 4.69) is 15.9 Å². The van der Waals surface area contributed by atoms with Crippen molar-refractivity contribution in [2.24, 2.45) is 0 Å². The van der Waals surface area contributed by atoms with Gasteiger partial charge in [0.1, 0.15) is 5.60 Å². The zero-order valence-corrected chi connectivity index (χ0v) is 16.7. The zero-order valence-electron chi connectivity index (χ0n) is 14.3. The fraction of sp³-hybridized carbons (Fsp3) is 0.562. The molecule has 1 N–H and O–H groups in total. The van der Waals surface area contributed by atoms with Crippen molar-refractivity contribution in [3.05, 3.63) is 28.7 Å². The van der Waals surface area contributed by atoms with Gasteiger partial charge in [-0.05, 0) is 51.5 Å². The van der Waals surface area contributed by atoms with Crippen LogP contribution in [0.25, 0.3) is 0 Å². The van der Waals surface area contributed by atoms with E-state index in [4.69, 9.17) is 8.92 Å². The molecule has 1 heterocycles. The van der Waals surface area contributed by atoms with E-state index in [0.29, 0.717) is 0 Å². The Kier molecular flexibility index (Phi) is 6.13. The second kappa shape index (κ2) is 7.61. The number of likely N-dealkylation sites (tertiary alicyclic amines) is 1. The van der Waals surface area contributed by atoms with Crippen LogP contribution in [0.3, 0.4) is 0 Å². The monoisotopic (exact) mass is 435 g/mol. The van der Waals surface area contributed by atoms with Gasteiger partial charge in [0.2, 0.25) is 0 Å². The van der Waals surface area contributed by atoms with E-state index in [1.165, 1.54) is 17.0 Å². The summed E-state index contributed by atoms with van der Waals surface area (Å²) in [4.78, 5) is 13.6. The van der Waals surface area contributed by atoms with Crippen molar-refractivity contribution in [1.29, 1.82) is 0 Å². The Morgan fingerprint density at radius 2 is 1.92 bits per heavy atom. The minimum Gasteiger partial charge on any atom is -0.444 e. The molecule has 0 spiro atoms. The molecule has 1 aromatic rings. The number of ether oxygens (including phenoxy) is 1. The third kappa shape index (κ3) is 5.40. The molecule has 2 atom stereocenters. The molecule has 0 saturated carbocycles. The van der Waals surface area contributed by atoms with Crippen LogP contribution in [0, 0.1) is 0 Å². The van der Waals surface area contributed by atoms with Gasteiger partial charge in [-0.2, -0.15) is 8.42 Å². The lowest BCUT2D eigenvalue weighted by molar-refractivity contribution is 0.0166. The van der Waals surface area contributed by atoms with Crippen molar-refractivity contribution < 1.29 is 27.2 Å². The first-order valence-electron chi connectivity index (χ1n) is 7.81.